The number of hydrogen-bond acceptors (Lipinski definition) is 4. The fourth-order valence-corrected chi connectivity index (χ4v) is 3.59. The van der Waals surface area contributed by atoms with Crippen molar-refractivity contribution in [1.82, 2.24) is 15.6 Å². The van der Waals surface area contributed by atoms with Gasteiger partial charge in [-0.15, -0.1) is 0 Å². The van der Waals surface area contributed by atoms with Crippen LogP contribution in [-0.2, 0) is 20.8 Å². The summed E-state index contributed by atoms with van der Waals surface area (Å²) in [7, 11) is 0. The van der Waals surface area contributed by atoms with Crippen molar-refractivity contribution in [3.8, 4) is 0 Å². The largest absolute Gasteiger partial charge is 0.480 e. The molecule has 1 aromatic carbocycles. The molecule has 0 aliphatic carbocycles. The monoisotopic (exact) mass is 430 g/mol. The van der Waals surface area contributed by atoms with Crippen molar-refractivity contribution in [2.75, 3.05) is 0 Å². The summed E-state index contributed by atoms with van der Waals surface area (Å²) < 4.78 is 0. The Balaban J connectivity index is 2.24. The van der Waals surface area contributed by atoms with E-state index in [1.807, 2.05) is 52.0 Å². The zero-order valence-electron chi connectivity index (χ0n) is 18.6. The highest BCUT2D eigenvalue weighted by molar-refractivity contribution is 5.92. The molecule has 0 radical (unpaired) electrons. The van der Waals surface area contributed by atoms with Crippen molar-refractivity contribution < 1.29 is 19.5 Å². The lowest BCUT2D eigenvalue weighted by Crippen LogP contribution is -2.55. The van der Waals surface area contributed by atoms with Crippen molar-refractivity contribution in [3.05, 3.63) is 36.0 Å². The van der Waals surface area contributed by atoms with E-state index in [1.165, 1.54) is 0 Å². The predicted octanol–water partition coefficient (Wildman–Crippen LogP) is 2.18. The first-order valence-electron chi connectivity index (χ1n) is 10.7. The van der Waals surface area contributed by atoms with Crippen LogP contribution >= 0.6 is 0 Å². The van der Waals surface area contributed by atoms with Gasteiger partial charge in [-0.05, 0) is 36.3 Å². The number of fused-ring (bicyclic) bond motifs is 1. The van der Waals surface area contributed by atoms with Gasteiger partial charge in [-0.1, -0.05) is 45.9 Å². The first-order chi connectivity index (χ1) is 14.6. The number of carboxylic acid groups (broad SMARTS) is 1. The summed E-state index contributed by atoms with van der Waals surface area (Å²) in [6, 6.07) is 4.94. The Bertz CT molecular complexity index is 906. The van der Waals surface area contributed by atoms with E-state index < -0.39 is 35.9 Å². The number of aromatic amines is 1. The van der Waals surface area contributed by atoms with Crippen LogP contribution in [0.15, 0.2) is 30.5 Å². The van der Waals surface area contributed by atoms with Gasteiger partial charge in [-0.2, -0.15) is 0 Å². The van der Waals surface area contributed by atoms with Gasteiger partial charge in [-0.25, -0.2) is 4.79 Å². The summed E-state index contributed by atoms with van der Waals surface area (Å²) >= 11 is 0. The average molecular weight is 431 g/mol. The molecule has 170 valence electrons. The molecular formula is C23H34N4O4. The van der Waals surface area contributed by atoms with Crippen molar-refractivity contribution in [2.24, 2.45) is 17.6 Å². The predicted molar refractivity (Wildman–Crippen MR) is 120 cm³/mol. The zero-order valence-corrected chi connectivity index (χ0v) is 18.6. The second-order valence-corrected chi connectivity index (χ2v) is 8.89. The second kappa shape index (κ2) is 10.9. The van der Waals surface area contributed by atoms with Crippen LogP contribution in [0, 0.1) is 11.8 Å². The minimum atomic E-state index is -1.10. The third-order valence-electron chi connectivity index (χ3n) is 5.12. The van der Waals surface area contributed by atoms with E-state index >= 15 is 0 Å². The number of carbonyl (C=O) groups is 3. The molecule has 0 spiro atoms. The highest BCUT2D eigenvalue weighted by atomic mass is 16.4. The van der Waals surface area contributed by atoms with Crippen LogP contribution in [0.3, 0.4) is 0 Å². The normalized spacial score (nSPS) is 14.4. The quantitative estimate of drug-likeness (QED) is 0.372. The Kier molecular flexibility index (Phi) is 8.62. The van der Waals surface area contributed by atoms with Gasteiger partial charge < -0.3 is 26.5 Å². The molecule has 0 aliphatic rings. The maximum Gasteiger partial charge on any atom is 0.326 e. The number of carbonyl (C=O) groups excluding carboxylic acids is 2. The van der Waals surface area contributed by atoms with Crippen LogP contribution in [0.2, 0.25) is 0 Å². The van der Waals surface area contributed by atoms with Crippen molar-refractivity contribution in [1.29, 1.82) is 0 Å². The SMILES string of the molecule is CC(C)CC(N)C(=O)NC(Cc1c[nH]c2ccccc12)C(=O)NC(CC(C)C)C(=O)O. The molecule has 2 amide bonds. The molecule has 1 aromatic heterocycles. The average Bonchev–Trinajstić information content (AvgIpc) is 3.08. The van der Waals surface area contributed by atoms with Crippen LogP contribution in [0.25, 0.3) is 10.9 Å². The van der Waals surface area contributed by atoms with Crippen LogP contribution in [0.5, 0.6) is 0 Å². The summed E-state index contributed by atoms with van der Waals surface area (Å²) in [6.07, 6.45) is 2.79. The van der Waals surface area contributed by atoms with Gasteiger partial charge in [0, 0.05) is 23.5 Å². The molecule has 6 N–H and O–H groups in total. The Hall–Kier alpha value is -2.87. The molecule has 0 saturated heterocycles. The first-order valence-corrected chi connectivity index (χ1v) is 10.7. The fourth-order valence-electron chi connectivity index (χ4n) is 3.59. The number of benzene rings is 1. The minimum absolute atomic E-state index is 0.0857. The Morgan fingerprint density at radius 2 is 1.58 bits per heavy atom. The molecule has 0 bridgehead atoms. The summed E-state index contributed by atoms with van der Waals surface area (Å²) in [5.74, 6) is -1.75. The number of hydrogen-bond donors (Lipinski definition) is 5. The van der Waals surface area contributed by atoms with E-state index in [-0.39, 0.29) is 18.3 Å². The fraction of sp³-hybridized carbons (Fsp3) is 0.522. The van der Waals surface area contributed by atoms with Crippen LogP contribution in [0.1, 0.15) is 46.1 Å². The highest BCUT2D eigenvalue weighted by Crippen LogP contribution is 2.19. The van der Waals surface area contributed by atoms with Gasteiger partial charge >= 0.3 is 5.97 Å². The van der Waals surface area contributed by atoms with Crippen molar-refractivity contribution in [2.45, 2.75) is 65.1 Å². The standard InChI is InChI=1S/C23H34N4O4/c1-13(2)9-17(24)21(28)26-19(22(29)27-20(23(30)31)10-14(3)4)11-15-12-25-18-8-6-5-7-16(15)18/h5-8,12-14,17,19-20,25H,9-11,24H2,1-4H3,(H,26,28)(H,27,29)(H,30,31). The second-order valence-electron chi connectivity index (χ2n) is 8.89. The summed E-state index contributed by atoms with van der Waals surface area (Å²) in [6.45, 7) is 7.70. The topological polar surface area (TPSA) is 137 Å². The number of para-hydroxylation sites is 1. The maximum atomic E-state index is 13.0. The molecule has 0 fully saturated rings. The smallest absolute Gasteiger partial charge is 0.326 e. The van der Waals surface area contributed by atoms with E-state index in [4.69, 9.17) is 5.73 Å². The molecule has 8 heteroatoms. The minimum Gasteiger partial charge on any atom is -0.480 e. The van der Waals surface area contributed by atoms with Crippen LogP contribution in [0.4, 0.5) is 0 Å². The van der Waals surface area contributed by atoms with E-state index in [0.29, 0.717) is 12.8 Å². The highest BCUT2D eigenvalue weighted by Gasteiger charge is 2.29. The van der Waals surface area contributed by atoms with Gasteiger partial charge in [-0.3, -0.25) is 9.59 Å². The molecule has 1 heterocycles. The van der Waals surface area contributed by atoms with E-state index in [2.05, 4.69) is 15.6 Å². The van der Waals surface area contributed by atoms with E-state index in [9.17, 15) is 19.5 Å². The number of aromatic nitrogens is 1. The van der Waals surface area contributed by atoms with Gasteiger partial charge in [0.2, 0.25) is 11.8 Å². The van der Waals surface area contributed by atoms with Crippen LogP contribution < -0.4 is 16.4 Å². The summed E-state index contributed by atoms with van der Waals surface area (Å²) in [4.78, 5) is 40.5. The number of rotatable bonds is 11. The molecule has 2 aromatic rings. The molecular weight excluding hydrogens is 396 g/mol. The van der Waals surface area contributed by atoms with E-state index in [0.717, 1.165) is 16.5 Å². The third kappa shape index (κ3) is 7.10. The number of aliphatic carboxylic acids is 1. The summed E-state index contributed by atoms with van der Waals surface area (Å²) in [5.41, 5.74) is 7.77. The molecule has 2 rings (SSSR count). The number of H-pyrrole nitrogens is 1. The number of carboxylic acids is 1. The molecule has 0 aliphatic heterocycles. The Labute approximate surface area is 183 Å². The van der Waals surface area contributed by atoms with Gasteiger partial charge in [0.25, 0.3) is 0 Å². The third-order valence-corrected chi connectivity index (χ3v) is 5.12. The first kappa shape index (κ1) is 24.4. The number of nitrogens with two attached hydrogens (primary N) is 1. The van der Waals surface area contributed by atoms with Gasteiger partial charge in [0.05, 0.1) is 6.04 Å². The van der Waals surface area contributed by atoms with Crippen LogP contribution in [-0.4, -0.2) is 46.0 Å². The number of nitrogens with one attached hydrogen (secondary N) is 3. The summed E-state index contributed by atoms with van der Waals surface area (Å²) in [5, 5.41) is 15.8. The lowest BCUT2D eigenvalue weighted by Gasteiger charge is -2.24. The van der Waals surface area contributed by atoms with Gasteiger partial charge in [0.15, 0.2) is 0 Å². The molecule has 3 atom stereocenters. The lowest BCUT2D eigenvalue weighted by molar-refractivity contribution is -0.142. The molecule has 0 saturated carbocycles. The van der Waals surface area contributed by atoms with E-state index in [1.54, 1.807) is 6.20 Å². The molecule has 31 heavy (non-hydrogen) atoms. The van der Waals surface area contributed by atoms with Crippen molar-refractivity contribution >= 4 is 28.7 Å². The maximum absolute atomic E-state index is 13.0. The molecule has 3 unspecified atom stereocenters. The van der Waals surface area contributed by atoms with Crippen molar-refractivity contribution in [3.63, 3.8) is 0 Å². The van der Waals surface area contributed by atoms with Gasteiger partial charge in [0.1, 0.15) is 12.1 Å². The zero-order chi connectivity index (χ0) is 23.1. The Morgan fingerprint density at radius 3 is 2.19 bits per heavy atom. The molecule has 8 nitrogen and oxygen atoms in total. The number of amides is 2. The Morgan fingerprint density at radius 1 is 0.968 bits per heavy atom. The lowest BCUT2D eigenvalue weighted by atomic mass is 10.00.